The van der Waals surface area contributed by atoms with Crippen molar-refractivity contribution in [3.63, 3.8) is 0 Å². The molecule has 1 aromatic heterocycles. The second kappa shape index (κ2) is 10.2. The van der Waals surface area contributed by atoms with Crippen molar-refractivity contribution in [2.45, 2.75) is 57.4 Å². The lowest BCUT2D eigenvalue weighted by Gasteiger charge is -2.30. The van der Waals surface area contributed by atoms with Crippen LogP contribution in [-0.2, 0) is 12.8 Å². The summed E-state index contributed by atoms with van der Waals surface area (Å²) in [7, 11) is 4.04. The van der Waals surface area contributed by atoms with Gasteiger partial charge in [-0.25, -0.2) is 13.8 Å². The molecule has 6 nitrogen and oxygen atoms in total. The largest absolute Gasteiger partial charge is 0.362 e. The van der Waals surface area contributed by atoms with Gasteiger partial charge >= 0.3 is 0 Å². The lowest BCUT2D eigenvalue weighted by molar-refractivity contribution is 0.0939. The van der Waals surface area contributed by atoms with Crippen LogP contribution in [-0.4, -0.2) is 42.6 Å². The highest BCUT2D eigenvalue weighted by molar-refractivity contribution is 6.31. The number of rotatable bonds is 6. The van der Waals surface area contributed by atoms with Crippen molar-refractivity contribution in [1.82, 2.24) is 15.3 Å². The van der Waals surface area contributed by atoms with Gasteiger partial charge in [-0.1, -0.05) is 11.6 Å². The minimum absolute atomic E-state index is 0.238. The van der Waals surface area contributed by atoms with Crippen LogP contribution in [0, 0.1) is 17.6 Å². The molecule has 0 spiro atoms. The number of carbonyl (C=O) groups is 1. The van der Waals surface area contributed by atoms with Crippen molar-refractivity contribution < 1.29 is 13.6 Å². The average Bonchev–Trinajstić information content (AvgIpc) is 2.81. The summed E-state index contributed by atoms with van der Waals surface area (Å²) in [6.07, 6.45) is 8.12. The third-order valence-corrected chi connectivity index (χ3v) is 6.94. The minimum Gasteiger partial charge on any atom is -0.362 e. The quantitative estimate of drug-likeness (QED) is 0.587. The fourth-order valence-corrected chi connectivity index (χ4v) is 4.90. The molecule has 33 heavy (non-hydrogen) atoms. The Bertz CT molecular complexity index is 1020. The molecule has 2 aliphatic carbocycles. The molecule has 1 amide bonds. The standard InChI is InChI=1S/C24H30ClF2N5O/c1-32(2)22-16-5-3-4-6-19(16)30-24(31-22)29-15-9-7-14(8-10-15)13-28-23(33)17-11-12-18(26)20(25)21(17)27/h11-12,14-15H,3-10,13H2,1-2H3,(H,28,33)(H,29,30,31)/t14-,15+. The van der Waals surface area contributed by atoms with E-state index in [0.29, 0.717) is 18.4 Å². The molecule has 1 fully saturated rings. The molecule has 1 heterocycles. The number of hydrogen-bond acceptors (Lipinski definition) is 5. The van der Waals surface area contributed by atoms with E-state index in [2.05, 4.69) is 15.5 Å². The number of nitrogens with one attached hydrogen (secondary N) is 2. The molecular weight excluding hydrogens is 448 g/mol. The van der Waals surface area contributed by atoms with Gasteiger partial charge in [-0.05, 0) is 69.4 Å². The Hall–Kier alpha value is -2.48. The number of aryl methyl sites for hydroxylation is 1. The number of aromatic nitrogens is 2. The van der Waals surface area contributed by atoms with Crippen LogP contribution >= 0.6 is 11.6 Å². The first-order chi connectivity index (χ1) is 15.8. The summed E-state index contributed by atoms with van der Waals surface area (Å²) in [4.78, 5) is 24.0. The molecule has 2 aliphatic rings. The highest BCUT2D eigenvalue weighted by atomic mass is 35.5. The van der Waals surface area contributed by atoms with Gasteiger partial charge in [0.15, 0.2) is 5.82 Å². The van der Waals surface area contributed by atoms with Gasteiger partial charge in [0.1, 0.15) is 16.7 Å². The molecular formula is C24H30ClF2N5O. The Labute approximate surface area is 198 Å². The van der Waals surface area contributed by atoms with Gasteiger partial charge in [0.2, 0.25) is 5.95 Å². The van der Waals surface area contributed by atoms with E-state index in [9.17, 15) is 13.6 Å². The van der Waals surface area contributed by atoms with Crippen molar-refractivity contribution in [3.05, 3.63) is 45.6 Å². The number of fused-ring (bicyclic) bond motifs is 1. The van der Waals surface area contributed by atoms with Crippen LogP contribution in [0.15, 0.2) is 12.1 Å². The second-order valence-corrected chi connectivity index (χ2v) is 9.57. The summed E-state index contributed by atoms with van der Waals surface area (Å²) in [5, 5.41) is 5.63. The maximum absolute atomic E-state index is 14.1. The van der Waals surface area contributed by atoms with E-state index in [1.54, 1.807) is 0 Å². The molecule has 4 rings (SSSR count). The number of benzene rings is 1. The summed E-state index contributed by atoms with van der Waals surface area (Å²) >= 11 is 5.57. The first kappa shape index (κ1) is 23.7. The van der Waals surface area contributed by atoms with Gasteiger partial charge in [-0.15, -0.1) is 0 Å². The van der Waals surface area contributed by atoms with Crippen molar-refractivity contribution in [2.75, 3.05) is 30.9 Å². The molecule has 0 aliphatic heterocycles. The Kier molecular flexibility index (Phi) is 7.32. The zero-order chi connectivity index (χ0) is 23.5. The van der Waals surface area contributed by atoms with Crippen LogP contribution < -0.4 is 15.5 Å². The molecule has 0 bridgehead atoms. The molecule has 0 unspecified atom stereocenters. The van der Waals surface area contributed by atoms with Crippen molar-refractivity contribution in [3.8, 4) is 0 Å². The lowest BCUT2D eigenvalue weighted by Crippen LogP contribution is -2.34. The predicted molar refractivity (Wildman–Crippen MR) is 126 cm³/mol. The predicted octanol–water partition coefficient (Wildman–Crippen LogP) is 4.75. The van der Waals surface area contributed by atoms with Crippen molar-refractivity contribution >= 4 is 29.3 Å². The molecule has 1 saturated carbocycles. The maximum atomic E-state index is 14.1. The van der Waals surface area contributed by atoms with Crippen molar-refractivity contribution in [1.29, 1.82) is 0 Å². The molecule has 0 atom stereocenters. The van der Waals surface area contributed by atoms with Gasteiger partial charge in [0.05, 0.1) is 11.3 Å². The molecule has 178 valence electrons. The number of hydrogen-bond donors (Lipinski definition) is 2. The fraction of sp³-hybridized carbons (Fsp3) is 0.542. The molecule has 0 saturated heterocycles. The van der Waals surface area contributed by atoms with Crippen LogP contribution in [0.3, 0.4) is 0 Å². The van der Waals surface area contributed by atoms with Gasteiger partial charge in [0.25, 0.3) is 5.91 Å². The molecule has 9 heteroatoms. The summed E-state index contributed by atoms with van der Waals surface area (Å²) in [5.41, 5.74) is 2.19. The number of halogens is 3. The smallest absolute Gasteiger partial charge is 0.254 e. The number of carbonyl (C=O) groups excluding carboxylic acids is 1. The zero-order valence-corrected chi connectivity index (χ0v) is 19.8. The SMILES string of the molecule is CN(C)c1nc(N[C@H]2CC[C@@H](CNC(=O)c3ccc(F)c(Cl)c3F)CC2)nc2c1CCCC2. The summed E-state index contributed by atoms with van der Waals surface area (Å²) < 4.78 is 27.4. The number of amides is 1. The van der Waals surface area contributed by atoms with Gasteiger partial charge < -0.3 is 15.5 Å². The van der Waals surface area contributed by atoms with E-state index in [4.69, 9.17) is 21.6 Å². The van der Waals surface area contributed by atoms with Gasteiger partial charge in [-0.3, -0.25) is 4.79 Å². The number of nitrogens with zero attached hydrogens (tertiary/aromatic N) is 3. The first-order valence-electron chi connectivity index (χ1n) is 11.6. The molecule has 1 aromatic carbocycles. The Morgan fingerprint density at radius 1 is 1.12 bits per heavy atom. The highest BCUT2D eigenvalue weighted by Crippen LogP contribution is 2.30. The molecule has 2 N–H and O–H groups in total. The van der Waals surface area contributed by atoms with E-state index >= 15 is 0 Å². The molecule has 0 radical (unpaired) electrons. The summed E-state index contributed by atoms with van der Waals surface area (Å²) in [6, 6.07) is 2.40. The lowest BCUT2D eigenvalue weighted by atomic mass is 9.86. The second-order valence-electron chi connectivity index (χ2n) is 9.19. The maximum Gasteiger partial charge on any atom is 0.254 e. The summed E-state index contributed by atoms with van der Waals surface area (Å²) in [5.74, 6) is -0.478. The number of anilines is 2. The normalized spacial score (nSPS) is 20.2. The third-order valence-electron chi connectivity index (χ3n) is 6.60. The van der Waals surface area contributed by atoms with E-state index in [-0.39, 0.29) is 11.6 Å². The average molecular weight is 478 g/mol. The highest BCUT2D eigenvalue weighted by Gasteiger charge is 2.25. The molecule has 2 aromatic rings. The third kappa shape index (κ3) is 5.37. The first-order valence-corrected chi connectivity index (χ1v) is 12.0. The Balaban J connectivity index is 1.30. The summed E-state index contributed by atoms with van der Waals surface area (Å²) in [6.45, 7) is 0.445. The van der Waals surface area contributed by atoms with Gasteiger partial charge in [0, 0.05) is 32.2 Å². The van der Waals surface area contributed by atoms with Crippen LogP contribution in [0.5, 0.6) is 0 Å². The monoisotopic (exact) mass is 477 g/mol. The van der Waals surface area contributed by atoms with Crippen molar-refractivity contribution in [2.24, 2.45) is 5.92 Å². The van der Waals surface area contributed by atoms with Crippen LogP contribution in [0.2, 0.25) is 5.02 Å². The van der Waals surface area contributed by atoms with E-state index in [0.717, 1.165) is 62.2 Å². The van der Waals surface area contributed by atoms with E-state index < -0.39 is 22.6 Å². The minimum atomic E-state index is -1.02. The van der Waals surface area contributed by atoms with Crippen LogP contribution in [0.1, 0.15) is 60.1 Å². The Morgan fingerprint density at radius 2 is 1.85 bits per heavy atom. The zero-order valence-electron chi connectivity index (χ0n) is 19.1. The fourth-order valence-electron chi connectivity index (χ4n) is 4.74. The van der Waals surface area contributed by atoms with Crippen LogP contribution in [0.25, 0.3) is 0 Å². The Morgan fingerprint density at radius 3 is 2.58 bits per heavy atom. The van der Waals surface area contributed by atoms with Gasteiger partial charge in [-0.2, -0.15) is 4.98 Å². The van der Waals surface area contributed by atoms with E-state index in [1.807, 2.05) is 14.1 Å². The topological polar surface area (TPSA) is 70.2 Å². The van der Waals surface area contributed by atoms with E-state index in [1.165, 1.54) is 18.4 Å². The van der Waals surface area contributed by atoms with Crippen LogP contribution in [0.4, 0.5) is 20.5 Å².